The molecule has 1 heterocycles. The molecule has 1 saturated heterocycles. The standard InChI is InChI=1S/C12H24N2O2/c1-3-6-14-12(15)10(2)16-9-11-5-4-7-13-8-11/h10-11,13H,3-9H2,1-2H3,(H,14,15). The molecule has 1 aliphatic rings. The van der Waals surface area contributed by atoms with E-state index in [9.17, 15) is 4.79 Å². The molecule has 16 heavy (non-hydrogen) atoms. The molecule has 4 nitrogen and oxygen atoms in total. The number of hydrogen-bond acceptors (Lipinski definition) is 3. The summed E-state index contributed by atoms with van der Waals surface area (Å²) in [4.78, 5) is 11.5. The van der Waals surface area contributed by atoms with Gasteiger partial charge in [-0.2, -0.15) is 0 Å². The van der Waals surface area contributed by atoms with Gasteiger partial charge in [-0.3, -0.25) is 4.79 Å². The first-order valence-electron chi connectivity index (χ1n) is 6.34. The number of ether oxygens (including phenoxy) is 1. The highest BCUT2D eigenvalue weighted by atomic mass is 16.5. The van der Waals surface area contributed by atoms with Gasteiger partial charge < -0.3 is 15.4 Å². The lowest BCUT2D eigenvalue weighted by Gasteiger charge is -2.24. The summed E-state index contributed by atoms with van der Waals surface area (Å²) in [5.74, 6) is 0.570. The average Bonchev–Trinajstić information content (AvgIpc) is 2.34. The lowest BCUT2D eigenvalue weighted by atomic mass is 10.0. The highest BCUT2D eigenvalue weighted by molar-refractivity contribution is 5.80. The van der Waals surface area contributed by atoms with Crippen molar-refractivity contribution in [2.75, 3.05) is 26.2 Å². The van der Waals surface area contributed by atoms with Crippen molar-refractivity contribution in [2.24, 2.45) is 5.92 Å². The molecular weight excluding hydrogens is 204 g/mol. The molecule has 0 saturated carbocycles. The van der Waals surface area contributed by atoms with Gasteiger partial charge in [0.05, 0.1) is 6.61 Å². The van der Waals surface area contributed by atoms with E-state index in [4.69, 9.17) is 4.74 Å². The molecule has 1 aliphatic heterocycles. The van der Waals surface area contributed by atoms with E-state index in [-0.39, 0.29) is 12.0 Å². The van der Waals surface area contributed by atoms with Gasteiger partial charge in [-0.25, -0.2) is 0 Å². The van der Waals surface area contributed by atoms with Crippen molar-refractivity contribution in [3.8, 4) is 0 Å². The van der Waals surface area contributed by atoms with Gasteiger partial charge in [0.2, 0.25) is 5.91 Å². The van der Waals surface area contributed by atoms with Crippen LogP contribution < -0.4 is 10.6 Å². The van der Waals surface area contributed by atoms with Crippen molar-refractivity contribution in [3.05, 3.63) is 0 Å². The van der Waals surface area contributed by atoms with E-state index in [1.807, 2.05) is 13.8 Å². The summed E-state index contributed by atoms with van der Waals surface area (Å²) < 4.78 is 5.59. The fourth-order valence-corrected chi connectivity index (χ4v) is 1.81. The van der Waals surface area contributed by atoms with E-state index in [1.165, 1.54) is 12.8 Å². The second-order valence-corrected chi connectivity index (χ2v) is 4.48. The highest BCUT2D eigenvalue weighted by Gasteiger charge is 2.17. The molecule has 2 unspecified atom stereocenters. The zero-order valence-electron chi connectivity index (χ0n) is 10.4. The van der Waals surface area contributed by atoms with Crippen LogP contribution in [-0.2, 0) is 9.53 Å². The Balaban J connectivity index is 2.12. The first-order valence-corrected chi connectivity index (χ1v) is 6.34. The minimum absolute atomic E-state index is 0.00520. The van der Waals surface area contributed by atoms with E-state index >= 15 is 0 Å². The lowest BCUT2D eigenvalue weighted by molar-refractivity contribution is -0.132. The molecule has 0 aliphatic carbocycles. The summed E-state index contributed by atoms with van der Waals surface area (Å²) in [6.07, 6.45) is 3.06. The fourth-order valence-electron chi connectivity index (χ4n) is 1.81. The van der Waals surface area contributed by atoms with Crippen LogP contribution in [0.15, 0.2) is 0 Å². The summed E-state index contributed by atoms with van der Waals surface area (Å²) in [5, 5.41) is 6.18. The monoisotopic (exact) mass is 228 g/mol. The second kappa shape index (κ2) is 7.63. The quantitative estimate of drug-likeness (QED) is 0.710. The molecule has 2 N–H and O–H groups in total. The van der Waals surface area contributed by atoms with Crippen LogP contribution >= 0.6 is 0 Å². The lowest BCUT2D eigenvalue weighted by Crippen LogP contribution is -2.38. The summed E-state index contributed by atoms with van der Waals surface area (Å²) in [5.41, 5.74) is 0. The van der Waals surface area contributed by atoms with E-state index in [0.717, 1.165) is 26.1 Å². The van der Waals surface area contributed by atoms with Crippen molar-refractivity contribution in [2.45, 2.75) is 39.2 Å². The van der Waals surface area contributed by atoms with Crippen LogP contribution in [0.5, 0.6) is 0 Å². The van der Waals surface area contributed by atoms with Gasteiger partial charge in [-0.15, -0.1) is 0 Å². The average molecular weight is 228 g/mol. The van der Waals surface area contributed by atoms with Gasteiger partial charge in [0.15, 0.2) is 0 Å². The third kappa shape index (κ3) is 4.94. The minimum Gasteiger partial charge on any atom is -0.368 e. The number of carbonyl (C=O) groups excluding carboxylic acids is 1. The second-order valence-electron chi connectivity index (χ2n) is 4.48. The Morgan fingerprint density at radius 1 is 1.62 bits per heavy atom. The first-order chi connectivity index (χ1) is 7.74. The SMILES string of the molecule is CCCNC(=O)C(C)OCC1CCCNC1. The zero-order chi connectivity index (χ0) is 11.8. The predicted octanol–water partition coefficient (Wildman–Crippen LogP) is 0.917. The van der Waals surface area contributed by atoms with Crippen LogP contribution in [0, 0.1) is 5.92 Å². The topological polar surface area (TPSA) is 50.4 Å². The summed E-state index contributed by atoms with van der Waals surface area (Å²) in [7, 11) is 0. The number of piperidine rings is 1. The van der Waals surface area contributed by atoms with Gasteiger partial charge in [0.1, 0.15) is 6.10 Å². The van der Waals surface area contributed by atoms with Crippen molar-refractivity contribution < 1.29 is 9.53 Å². The van der Waals surface area contributed by atoms with Crippen LogP contribution in [0.25, 0.3) is 0 Å². The molecule has 94 valence electrons. The molecule has 4 heteroatoms. The van der Waals surface area contributed by atoms with E-state index in [0.29, 0.717) is 12.5 Å². The number of hydrogen-bond donors (Lipinski definition) is 2. The highest BCUT2D eigenvalue weighted by Crippen LogP contribution is 2.10. The van der Waals surface area contributed by atoms with E-state index < -0.39 is 0 Å². The maximum atomic E-state index is 11.5. The first kappa shape index (κ1) is 13.5. The minimum atomic E-state index is -0.325. The molecule has 0 spiro atoms. The van der Waals surface area contributed by atoms with Crippen molar-refractivity contribution in [1.82, 2.24) is 10.6 Å². The van der Waals surface area contributed by atoms with Crippen molar-refractivity contribution in [3.63, 3.8) is 0 Å². The van der Waals surface area contributed by atoms with Crippen LogP contribution in [-0.4, -0.2) is 38.3 Å². The maximum absolute atomic E-state index is 11.5. The molecule has 1 rings (SSSR count). The Bertz CT molecular complexity index is 203. The fraction of sp³-hybridized carbons (Fsp3) is 0.917. The van der Waals surface area contributed by atoms with Gasteiger partial charge in [-0.1, -0.05) is 6.92 Å². The third-order valence-corrected chi connectivity index (χ3v) is 2.90. The molecule has 0 aromatic carbocycles. The molecule has 0 bridgehead atoms. The Morgan fingerprint density at radius 2 is 2.44 bits per heavy atom. The Hall–Kier alpha value is -0.610. The maximum Gasteiger partial charge on any atom is 0.248 e. The van der Waals surface area contributed by atoms with Crippen LogP contribution in [0.1, 0.15) is 33.1 Å². The zero-order valence-corrected chi connectivity index (χ0v) is 10.4. The normalized spacial score (nSPS) is 22.8. The molecule has 1 amide bonds. The van der Waals surface area contributed by atoms with Gasteiger partial charge >= 0.3 is 0 Å². The van der Waals surface area contributed by atoms with Gasteiger partial charge in [0, 0.05) is 13.1 Å². The molecule has 0 aromatic heterocycles. The van der Waals surface area contributed by atoms with Crippen LogP contribution in [0.3, 0.4) is 0 Å². The van der Waals surface area contributed by atoms with Gasteiger partial charge in [-0.05, 0) is 38.6 Å². The van der Waals surface area contributed by atoms with Crippen molar-refractivity contribution in [1.29, 1.82) is 0 Å². The largest absolute Gasteiger partial charge is 0.368 e. The summed E-state index contributed by atoms with van der Waals surface area (Å²) in [6, 6.07) is 0. The number of nitrogens with one attached hydrogen (secondary N) is 2. The molecule has 0 aromatic rings. The Morgan fingerprint density at radius 3 is 3.06 bits per heavy atom. The number of rotatable bonds is 6. The van der Waals surface area contributed by atoms with Crippen LogP contribution in [0.4, 0.5) is 0 Å². The summed E-state index contributed by atoms with van der Waals surface area (Å²) in [6.45, 7) is 7.41. The molecule has 2 atom stereocenters. The van der Waals surface area contributed by atoms with E-state index in [2.05, 4.69) is 10.6 Å². The smallest absolute Gasteiger partial charge is 0.248 e. The molecular formula is C12H24N2O2. The molecule has 1 fully saturated rings. The number of carbonyl (C=O) groups is 1. The Labute approximate surface area is 98.1 Å². The van der Waals surface area contributed by atoms with Crippen LogP contribution in [0.2, 0.25) is 0 Å². The Kier molecular flexibility index (Phi) is 6.42. The van der Waals surface area contributed by atoms with Gasteiger partial charge in [0.25, 0.3) is 0 Å². The van der Waals surface area contributed by atoms with E-state index in [1.54, 1.807) is 0 Å². The van der Waals surface area contributed by atoms with Crippen molar-refractivity contribution >= 4 is 5.91 Å². The predicted molar refractivity (Wildman–Crippen MR) is 64.3 cm³/mol. The molecule has 0 radical (unpaired) electrons. The summed E-state index contributed by atoms with van der Waals surface area (Å²) >= 11 is 0. The third-order valence-electron chi connectivity index (χ3n) is 2.90. The number of amides is 1.